The van der Waals surface area contributed by atoms with Crippen LogP contribution < -0.4 is 5.32 Å². The van der Waals surface area contributed by atoms with Crippen LogP contribution in [-0.4, -0.2) is 16.8 Å². The number of halogens is 1. The lowest BCUT2D eigenvalue weighted by Crippen LogP contribution is -2.49. The first-order chi connectivity index (χ1) is 9.65. The van der Waals surface area contributed by atoms with E-state index in [4.69, 9.17) is 0 Å². The number of benzene rings is 2. The summed E-state index contributed by atoms with van der Waals surface area (Å²) in [6.07, 6.45) is 1.82. The Hall–Kier alpha value is -1.35. The quantitative estimate of drug-likeness (QED) is 0.800. The summed E-state index contributed by atoms with van der Waals surface area (Å²) in [5.74, 6) is 0.00458. The fourth-order valence-corrected chi connectivity index (χ4v) is 3.31. The Kier molecular flexibility index (Phi) is 4.81. The largest absolute Gasteiger partial charge is 0.346 e. The molecule has 3 heteroatoms. The van der Waals surface area contributed by atoms with Gasteiger partial charge in [-0.05, 0) is 29.7 Å². The number of hydrogen-bond donors (Lipinski definition) is 1. The molecular formula is C17H20BrNO. The maximum atomic E-state index is 12.6. The highest BCUT2D eigenvalue weighted by Gasteiger charge is 2.27. The van der Waals surface area contributed by atoms with Crippen LogP contribution in [0.3, 0.4) is 0 Å². The molecule has 0 atom stereocenters. The van der Waals surface area contributed by atoms with Crippen LogP contribution in [0.4, 0.5) is 0 Å². The van der Waals surface area contributed by atoms with Gasteiger partial charge in [0.15, 0.2) is 0 Å². The average molecular weight is 334 g/mol. The molecule has 0 unspecified atom stereocenters. The smallest absolute Gasteiger partial charge is 0.252 e. The molecule has 0 saturated heterocycles. The average Bonchev–Trinajstić information content (AvgIpc) is 2.52. The van der Waals surface area contributed by atoms with Crippen LogP contribution in [0.25, 0.3) is 10.8 Å². The van der Waals surface area contributed by atoms with Gasteiger partial charge in [0, 0.05) is 16.4 Å². The van der Waals surface area contributed by atoms with Crippen molar-refractivity contribution in [2.24, 2.45) is 0 Å². The molecule has 2 aromatic carbocycles. The number of hydrogen-bond acceptors (Lipinski definition) is 1. The van der Waals surface area contributed by atoms with E-state index in [2.05, 4.69) is 35.1 Å². The second kappa shape index (κ2) is 6.40. The Morgan fingerprint density at radius 3 is 2.40 bits per heavy atom. The van der Waals surface area contributed by atoms with E-state index in [1.165, 1.54) is 0 Å². The summed E-state index contributed by atoms with van der Waals surface area (Å²) < 4.78 is 0. The summed E-state index contributed by atoms with van der Waals surface area (Å²) in [7, 11) is 0. The molecule has 2 nitrogen and oxygen atoms in total. The molecule has 1 N–H and O–H groups in total. The summed E-state index contributed by atoms with van der Waals surface area (Å²) in [6.45, 7) is 4.21. The first kappa shape index (κ1) is 15.0. The van der Waals surface area contributed by atoms with Gasteiger partial charge in [0.2, 0.25) is 0 Å². The number of rotatable bonds is 5. The maximum absolute atomic E-state index is 12.6. The lowest BCUT2D eigenvalue weighted by Gasteiger charge is -2.31. The van der Waals surface area contributed by atoms with Crippen LogP contribution in [0, 0.1) is 0 Å². The molecule has 0 heterocycles. The number of carbonyl (C=O) groups is 1. The van der Waals surface area contributed by atoms with Gasteiger partial charge in [0.05, 0.1) is 0 Å². The van der Waals surface area contributed by atoms with Gasteiger partial charge in [-0.3, -0.25) is 4.79 Å². The van der Waals surface area contributed by atoms with Gasteiger partial charge < -0.3 is 5.32 Å². The SMILES string of the molecule is CCC(CC)(CBr)NC(=O)c1cccc2ccccc12. The highest BCUT2D eigenvalue weighted by Crippen LogP contribution is 2.22. The van der Waals surface area contributed by atoms with Gasteiger partial charge in [0.25, 0.3) is 5.91 Å². The van der Waals surface area contributed by atoms with Crippen molar-refractivity contribution in [3.8, 4) is 0 Å². The minimum Gasteiger partial charge on any atom is -0.346 e. The Bertz CT molecular complexity index is 591. The van der Waals surface area contributed by atoms with E-state index in [-0.39, 0.29) is 11.4 Å². The van der Waals surface area contributed by atoms with Crippen molar-refractivity contribution in [3.63, 3.8) is 0 Å². The van der Waals surface area contributed by atoms with E-state index in [9.17, 15) is 4.79 Å². The second-order valence-electron chi connectivity index (χ2n) is 5.10. The second-order valence-corrected chi connectivity index (χ2v) is 5.66. The molecule has 0 fully saturated rings. The monoisotopic (exact) mass is 333 g/mol. The first-order valence-corrected chi connectivity index (χ1v) is 8.14. The van der Waals surface area contributed by atoms with Gasteiger partial charge in [-0.1, -0.05) is 66.2 Å². The van der Waals surface area contributed by atoms with Crippen LogP contribution in [0.2, 0.25) is 0 Å². The van der Waals surface area contributed by atoms with Gasteiger partial charge in [-0.2, -0.15) is 0 Å². The van der Waals surface area contributed by atoms with Crippen LogP contribution >= 0.6 is 15.9 Å². The molecule has 0 saturated carbocycles. The number of alkyl halides is 1. The van der Waals surface area contributed by atoms with Gasteiger partial charge >= 0.3 is 0 Å². The molecule has 106 valence electrons. The molecule has 0 aliphatic carbocycles. The van der Waals surface area contributed by atoms with E-state index < -0.39 is 0 Å². The summed E-state index contributed by atoms with van der Waals surface area (Å²) in [5.41, 5.74) is 0.573. The molecule has 0 aliphatic rings. The van der Waals surface area contributed by atoms with Crippen molar-refractivity contribution in [3.05, 3.63) is 48.0 Å². The van der Waals surface area contributed by atoms with Crippen LogP contribution in [0.5, 0.6) is 0 Å². The zero-order valence-corrected chi connectivity index (χ0v) is 13.5. The zero-order valence-electron chi connectivity index (χ0n) is 11.9. The molecule has 0 radical (unpaired) electrons. The fourth-order valence-electron chi connectivity index (χ4n) is 2.38. The number of nitrogens with one attached hydrogen (secondary N) is 1. The van der Waals surface area contributed by atoms with Crippen molar-refractivity contribution in [1.82, 2.24) is 5.32 Å². The number of carbonyl (C=O) groups excluding carboxylic acids is 1. The highest BCUT2D eigenvalue weighted by atomic mass is 79.9. The molecule has 2 aromatic rings. The summed E-state index contributed by atoms with van der Waals surface area (Å²) in [5, 5.41) is 6.07. The molecule has 1 amide bonds. The van der Waals surface area contributed by atoms with Crippen molar-refractivity contribution in [2.75, 3.05) is 5.33 Å². The van der Waals surface area contributed by atoms with Crippen molar-refractivity contribution < 1.29 is 4.79 Å². The van der Waals surface area contributed by atoms with Crippen LogP contribution in [0.15, 0.2) is 42.5 Å². The Balaban J connectivity index is 2.37. The van der Waals surface area contributed by atoms with Gasteiger partial charge in [0.1, 0.15) is 0 Å². The van der Waals surface area contributed by atoms with E-state index in [0.717, 1.165) is 34.5 Å². The lowest BCUT2D eigenvalue weighted by atomic mass is 9.94. The van der Waals surface area contributed by atoms with Crippen LogP contribution in [0.1, 0.15) is 37.0 Å². The predicted octanol–water partition coefficient (Wildman–Crippen LogP) is 4.52. The van der Waals surface area contributed by atoms with E-state index in [0.29, 0.717) is 0 Å². The van der Waals surface area contributed by atoms with E-state index in [1.54, 1.807) is 0 Å². The van der Waals surface area contributed by atoms with Gasteiger partial charge in [-0.15, -0.1) is 0 Å². The minimum absolute atomic E-state index is 0.00458. The third kappa shape index (κ3) is 2.88. The minimum atomic E-state index is -0.173. The third-order valence-corrected chi connectivity index (χ3v) is 5.10. The Morgan fingerprint density at radius 1 is 1.10 bits per heavy atom. The Morgan fingerprint density at radius 2 is 1.75 bits per heavy atom. The molecule has 20 heavy (non-hydrogen) atoms. The van der Waals surface area contributed by atoms with E-state index in [1.807, 2.05) is 42.5 Å². The lowest BCUT2D eigenvalue weighted by molar-refractivity contribution is 0.0905. The highest BCUT2D eigenvalue weighted by molar-refractivity contribution is 9.09. The van der Waals surface area contributed by atoms with Gasteiger partial charge in [-0.25, -0.2) is 0 Å². The molecule has 0 aliphatic heterocycles. The summed E-state index contributed by atoms with van der Waals surface area (Å²) in [4.78, 5) is 12.6. The standard InChI is InChI=1S/C17H20BrNO/c1-3-17(4-2,12-18)19-16(20)15-11-7-9-13-8-5-6-10-14(13)15/h5-11H,3-4,12H2,1-2H3,(H,19,20). The summed E-state index contributed by atoms with van der Waals surface area (Å²) in [6, 6.07) is 13.8. The zero-order chi connectivity index (χ0) is 14.6. The predicted molar refractivity (Wildman–Crippen MR) is 88.5 cm³/mol. The fraction of sp³-hybridized carbons (Fsp3) is 0.353. The molecule has 0 spiro atoms. The van der Waals surface area contributed by atoms with Crippen molar-refractivity contribution in [1.29, 1.82) is 0 Å². The van der Waals surface area contributed by atoms with Crippen molar-refractivity contribution in [2.45, 2.75) is 32.2 Å². The van der Waals surface area contributed by atoms with Crippen molar-refractivity contribution >= 4 is 32.6 Å². The maximum Gasteiger partial charge on any atom is 0.252 e. The molecule has 0 bridgehead atoms. The first-order valence-electron chi connectivity index (χ1n) is 7.02. The Labute approximate surface area is 128 Å². The van der Waals surface area contributed by atoms with E-state index >= 15 is 0 Å². The molecule has 2 rings (SSSR count). The number of amides is 1. The molecular weight excluding hydrogens is 314 g/mol. The third-order valence-electron chi connectivity index (χ3n) is 4.02. The molecule has 0 aromatic heterocycles. The topological polar surface area (TPSA) is 29.1 Å². The number of fused-ring (bicyclic) bond motifs is 1. The van der Waals surface area contributed by atoms with Crippen LogP contribution in [-0.2, 0) is 0 Å². The normalized spacial score (nSPS) is 11.6. The summed E-state index contributed by atoms with van der Waals surface area (Å²) >= 11 is 3.53.